The molecule has 1 aliphatic rings. The van der Waals surface area contributed by atoms with Crippen LogP contribution in [-0.4, -0.2) is 11.5 Å². The molecule has 1 aromatic rings. The van der Waals surface area contributed by atoms with Crippen LogP contribution in [0.2, 0.25) is 0 Å². The van der Waals surface area contributed by atoms with Gasteiger partial charge in [-0.05, 0) is 32.8 Å². The summed E-state index contributed by atoms with van der Waals surface area (Å²) < 4.78 is 0. The number of rotatable bonds is 1. The molecule has 0 bridgehead atoms. The van der Waals surface area contributed by atoms with E-state index in [1.54, 1.807) is 4.90 Å². The van der Waals surface area contributed by atoms with E-state index in [4.69, 9.17) is 0 Å². The predicted molar refractivity (Wildman–Crippen MR) is 60.5 cm³/mol. The molecule has 1 aromatic carbocycles. The molecule has 13 heavy (non-hydrogen) atoms. The predicted octanol–water partition coefficient (Wildman–Crippen LogP) is 3.07. The van der Waals surface area contributed by atoms with Gasteiger partial charge in [-0.15, -0.1) is 0 Å². The van der Waals surface area contributed by atoms with E-state index in [-0.39, 0.29) is 0 Å². The summed E-state index contributed by atoms with van der Waals surface area (Å²) in [5, 5.41) is 0. The number of aryl methyl sites for hydroxylation is 2. The van der Waals surface area contributed by atoms with Crippen LogP contribution < -0.4 is 0 Å². The zero-order chi connectivity index (χ0) is 9.26. The minimum atomic E-state index is 0.589. The van der Waals surface area contributed by atoms with E-state index < -0.39 is 0 Å². The van der Waals surface area contributed by atoms with Gasteiger partial charge < -0.3 is 0 Å². The van der Waals surface area contributed by atoms with Gasteiger partial charge in [0.1, 0.15) is 11.5 Å². The normalized spacial score (nSPS) is 18.0. The Morgan fingerprint density at radius 2 is 1.77 bits per heavy atom. The fourth-order valence-electron chi connectivity index (χ4n) is 2.00. The van der Waals surface area contributed by atoms with Gasteiger partial charge in [0.15, 0.2) is 4.90 Å². The van der Waals surface area contributed by atoms with Crippen molar-refractivity contribution in [3.8, 4) is 0 Å². The van der Waals surface area contributed by atoms with E-state index in [1.165, 1.54) is 35.5 Å². The summed E-state index contributed by atoms with van der Waals surface area (Å²) in [6.45, 7) is 4.43. The molecule has 70 valence electrons. The second kappa shape index (κ2) is 3.75. The van der Waals surface area contributed by atoms with Gasteiger partial charge in [-0.3, -0.25) is 0 Å². The monoisotopic (exact) mass is 193 g/mol. The van der Waals surface area contributed by atoms with Gasteiger partial charge in [0.25, 0.3) is 0 Å². The molecule has 0 atom stereocenters. The van der Waals surface area contributed by atoms with Gasteiger partial charge in [0.2, 0.25) is 0 Å². The van der Waals surface area contributed by atoms with Gasteiger partial charge in [0, 0.05) is 16.5 Å². The van der Waals surface area contributed by atoms with Crippen LogP contribution in [0.4, 0.5) is 0 Å². The van der Waals surface area contributed by atoms with Crippen LogP contribution in [0.25, 0.3) is 0 Å². The van der Waals surface area contributed by atoms with Gasteiger partial charge in [0.05, 0.1) is 0 Å². The smallest absolute Gasteiger partial charge is 0.0543 e. The van der Waals surface area contributed by atoms with Gasteiger partial charge in [-0.1, -0.05) is 17.7 Å². The van der Waals surface area contributed by atoms with E-state index in [2.05, 4.69) is 32.0 Å². The van der Waals surface area contributed by atoms with Crippen molar-refractivity contribution in [1.29, 1.82) is 0 Å². The number of hydrogen-bond acceptors (Lipinski definition) is 0. The zero-order valence-corrected chi connectivity index (χ0v) is 9.29. The Morgan fingerprint density at radius 1 is 1.08 bits per heavy atom. The summed E-state index contributed by atoms with van der Waals surface area (Å²) >= 11 is 0. The lowest BCUT2D eigenvalue weighted by Gasteiger charge is -2.04. The first kappa shape index (κ1) is 9.14. The molecule has 1 saturated heterocycles. The highest BCUT2D eigenvalue weighted by atomic mass is 32.2. The molecule has 0 N–H and O–H groups in total. The number of benzene rings is 1. The molecule has 1 aliphatic heterocycles. The second-order valence-corrected chi connectivity index (χ2v) is 6.12. The highest BCUT2D eigenvalue weighted by Gasteiger charge is 2.27. The molecule has 2 rings (SSSR count). The highest BCUT2D eigenvalue weighted by Crippen LogP contribution is 2.26. The topological polar surface area (TPSA) is 0 Å². The quantitative estimate of drug-likeness (QED) is 0.601. The van der Waals surface area contributed by atoms with Crippen molar-refractivity contribution in [3.05, 3.63) is 29.3 Å². The largest absolute Gasteiger partial charge is 0.157 e. The van der Waals surface area contributed by atoms with Crippen LogP contribution in [0.1, 0.15) is 24.0 Å². The maximum absolute atomic E-state index is 2.35. The van der Waals surface area contributed by atoms with Crippen LogP contribution >= 0.6 is 0 Å². The second-order valence-electron chi connectivity index (χ2n) is 3.88. The third kappa shape index (κ3) is 1.91. The Labute approximate surface area is 83.7 Å². The lowest BCUT2D eigenvalue weighted by molar-refractivity contribution is 0.949. The first-order valence-electron chi connectivity index (χ1n) is 5.02. The van der Waals surface area contributed by atoms with Crippen molar-refractivity contribution in [2.45, 2.75) is 31.6 Å². The van der Waals surface area contributed by atoms with E-state index >= 15 is 0 Å². The van der Waals surface area contributed by atoms with Crippen molar-refractivity contribution in [2.75, 3.05) is 11.5 Å². The first-order chi connectivity index (χ1) is 6.27. The molecule has 0 aromatic heterocycles. The fourth-order valence-corrected chi connectivity index (χ4v) is 4.52. The molecule has 0 amide bonds. The summed E-state index contributed by atoms with van der Waals surface area (Å²) in [6.07, 6.45) is 2.88. The third-order valence-corrected chi connectivity index (χ3v) is 5.32. The van der Waals surface area contributed by atoms with Crippen molar-refractivity contribution in [1.82, 2.24) is 0 Å². The molecule has 0 aliphatic carbocycles. The minimum absolute atomic E-state index is 0.589. The molecule has 0 saturated carbocycles. The SMILES string of the molecule is Cc1ccc([S+]2CCCC2)c(C)c1. The summed E-state index contributed by atoms with van der Waals surface area (Å²) in [5.74, 6) is 2.87. The fraction of sp³-hybridized carbons (Fsp3) is 0.500. The van der Waals surface area contributed by atoms with E-state index in [9.17, 15) is 0 Å². The van der Waals surface area contributed by atoms with Crippen LogP contribution in [0.15, 0.2) is 23.1 Å². The van der Waals surface area contributed by atoms with E-state index in [0.717, 1.165) is 0 Å². The lowest BCUT2D eigenvalue weighted by atomic mass is 10.2. The average Bonchev–Trinajstić information content (AvgIpc) is 2.56. The molecular weight excluding hydrogens is 176 g/mol. The van der Waals surface area contributed by atoms with Crippen LogP contribution in [-0.2, 0) is 10.9 Å². The maximum atomic E-state index is 2.35. The Morgan fingerprint density at radius 3 is 2.38 bits per heavy atom. The average molecular weight is 193 g/mol. The van der Waals surface area contributed by atoms with Crippen LogP contribution in [0.5, 0.6) is 0 Å². The Balaban J connectivity index is 2.29. The molecule has 1 heteroatoms. The van der Waals surface area contributed by atoms with Crippen LogP contribution in [0.3, 0.4) is 0 Å². The molecule has 0 radical (unpaired) electrons. The van der Waals surface area contributed by atoms with E-state index in [1.807, 2.05) is 0 Å². The van der Waals surface area contributed by atoms with Gasteiger partial charge in [-0.25, -0.2) is 0 Å². The van der Waals surface area contributed by atoms with Gasteiger partial charge in [-0.2, -0.15) is 0 Å². The van der Waals surface area contributed by atoms with Crippen molar-refractivity contribution < 1.29 is 0 Å². The maximum Gasteiger partial charge on any atom is 0.157 e. The van der Waals surface area contributed by atoms with Crippen LogP contribution in [0, 0.1) is 13.8 Å². The number of hydrogen-bond donors (Lipinski definition) is 0. The minimum Gasteiger partial charge on any atom is -0.0543 e. The summed E-state index contributed by atoms with van der Waals surface area (Å²) in [7, 11) is 0.589. The zero-order valence-electron chi connectivity index (χ0n) is 8.47. The molecule has 0 spiro atoms. The highest BCUT2D eigenvalue weighted by molar-refractivity contribution is 7.97. The molecule has 0 unspecified atom stereocenters. The molecule has 1 heterocycles. The van der Waals surface area contributed by atoms with Crippen molar-refractivity contribution in [3.63, 3.8) is 0 Å². The summed E-state index contributed by atoms with van der Waals surface area (Å²) in [5.41, 5.74) is 2.90. The summed E-state index contributed by atoms with van der Waals surface area (Å²) in [4.78, 5) is 1.63. The lowest BCUT2D eigenvalue weighted by Crippen LogP contribution is -2.05. The van der Waals surface area contributed by atoms with E-state index in [0.29, 0.717) is 10.9 Å². The summed E-state index contributed by atoms with van der Waals surface area (Å²) in [6, 6.07) is 6.92. The first-order valence-corrected chi connectivity index (χ1v) is 6.58. The molecular formula is C12H17S+. The standard InChI is InChI=1S/C12H17S/c1-10-5-6-12(11(2)9-10)13-7-3-4-8-13/h5-6,9H,3-4,7-8H2,1-2H3/q+1. The molecule has 1 fully saturated rings. The van der Waals surface area contributed by atoms with Gasteiger partial charge >= 0.3 is 0 Å². The Kier molecular flexibility index (Phi) is 2.63. The third-order valence-electron chi connectivity index (χ3n) is 2.67. The van der Waals surface area contributed by atoms with Crippen molar-refractivity contribution >= 4 is 10.9 Å². The van der Waals surface area contributed by atoms with Crippen molar-refractivity contribution in [2.24, 2.45) is 0 Å². The molecule has 0 nitrogen and oxygen atoms in total. The Bertz CT molecular complexity index is 298. The Hall–Kier alpha value is -0.430.